The highest BCUT2D eigenvalue weighted by Crippen LogP contribution is 2.13. The van der Waals surface area contributed by atoms with Crippen LogP contribution in [0.3, 0.4) is 0 Å². The molecule has 0 saturated heterocycles. The second-order valence-electron chi connectivity index (χ2n) is 2.49. The van der Waals surface area contributed by atoms with E-state index < -0.39 is 5.91 Å². The first-order valence-corrected chi connectivity index (χ1v) is 3.43. The van der Waals surface area contributed by atoms with Gasteiger partial charge in [0.15, 0.2) is 0 Å². The van der Waals surface area contributed by atoms with Crippen molar-refractivity contribution < 1.29 is 4.79 Å². The molecular formula is C8H9N3O. The van der Waals surface area contributed by atoms with E-state index in [2.05, 4.69) is 5.11 Å². The molecule has 0 bridgehead atoms. The Morgan fingerprint density at radius 3 is 2.75 bits per heavy atom. The Hall–Kier alpha value is -1.71. The predicted octanol–water partition coefficient (Wildman–Crippen LogP) is 1.75. The number of rotatable bonds is 1. The maximum atomic E-state index is 10.9. The summed E-state index contributed by atoms with van der Waals surface area (Å²) in [6.07, 6.45) is 0. The van der Waals surface area contributed by atoms with Gasteiger partial charge in [-0.05, 0) is 24.6 Å². The first-order chi connectivity index (χ1) is 5.65. The summed E-state index contributed by atoms with van der Waals surface area (Å²) in [4.78, 5) is 10.9. The van der Waals surface area contributed by atoms with Crippen molar-refractivity contribution in [2.75, 3.05) is 5.73 Å². The molecule has 1 rings (SSSR count). The van der Waals surface area contributed by atoms with Crippen molar-refractivity contribution in [2.45, 2.75) is 6.92 Å². The first-order valence-electron chi connectivity index (χ1n) is 3.43. The maximum absolute atomic E-state index is 10.9. The van der Waals surface area contributed by atoms with Gasteiger partial charge in [0, 0.05) is 11.3 Å². The number of nitrogen functional groups attached to an aromatic ring is 1. The number of hydrogen-bond donors (Lipinski definition) is 2. The largest absolute Gasteiger partial charge is 0.398 e. The molecule has 0 aliphatic rings. The lowest BCUT2D eigenvalue weighted by molar-refractivity contribution is 0.0991. The van der Waals surface area contributed by atoms with E-state index in [1.165, 1.54) is 6.07 Å². The van der Waals surface area contributed by atoms with Crippen LogP contribution in [0.15, 0.2) is 23.3 Å². The molecule has 62 valence electrons. The summed E-state index contributed by atoms with van der Waals surface area (Å²) in [5.41, 5.74) is 13.9. The van der Waals surface area contributed by atoms with Gasteiger partial charge in [-0.25, -0.2) is 5.53 Å². The molecule has 4 heteroatoms. The average Bonchev–Trinajstić information content (AvgIpc) is 2.08. The third-order valence-electron chi connectivity index (χ3n) is 1.63. The van der Waals surface area contributed by atoms with Gasteiger partial charge in [-0.3, -0.25) is 4.79 Å². The van der Waals surface area contributed by atoms with Gasteiger partial charge in [-0.2, -0.15) is 0 Å². The predicted molar refractivity (Wildman–Crippen MR) is 45.1 cm³/mol. The molecule has 1 amide bonds. The molecule has 0 fully saturated rings. The van der Waals surface area contributed by atoms with Crippen LogP contribution in [-0.2, 0) is 0 Å². The van der Waals surface area contributed by atoms with E-state index in [4.69, 9.17) is 11.3 Å². The van der Waals surface area contributed by atoms with Gasteiger partial charge in [0.05, 0.1) is 0 Å². The second kappa shape index (κ2) is 3.13. The van der Waals surface area contributed by atoms with E-state index in [1.54, 1.807) is 12.1 Å². The number of nitrogens with two attached hydrogens (primary N) is 1. The monoisotopic (exact) mass is 163 g/mol. The Morgan fingerprint density at radius 1 is 1.58 bits per heavy atom. The summed E-state index contributed by atoms with van der Waals surface area (Å²) >= 11 is 0. The summed E-state index contributed by atoms with van der Waals surface area (Å²) in [6.45, 7) is 1.85. The Morgan fingerprint density at radius 2 is 2.25 bits per heavy atom. The Balaban J connectivity index is 3.13. The van der Waals surface area contributed by atoms with E-state index in [1.807, 2.05) is 6.92 Å². The van der Waals surface area contributed by atoms with Crippen LogP contribution in [0.5, 0.6) is 0 Å². The molecule has 0 saturated carbocycles. The van der Waals surface area contributed by atoms with Crippen molar-refractivity contribution in [1.82, 2.24) is 0 Å². The third kappa shape index (κ3) is 1.47. The standard InChI is InChI=1S/C8H9N3O/c1-5-2-3-6(4-7(5)9)8(12)11-10/h2-4,10H,9H2,1H3. The zero-order valence-electron chi connectivity index (χ0n) is 6.66. The van der Waals surface area contributed by atoms with E-state index in [-0.39, 0.29) is 0 Å². The van der Waals surface area contributed by atoms with Crippen LogP contribution in [0.4, 0.5) is 5.69 Å². The maximum Gasteiger partial charge on any atom is 0.294 e. The highest BCUT2D eigenvalue weighted by Gasteiger charge is 2.04. The zero-order chi connectivity index (χ0) is 9.14. The minimum atomic E-state index is -0.568. The normalized spacial score (nSPS) is 9.42. The zero-order valence-corrected chi connectivity index (χ0v) is 6.66. The topological polar surface area (TPSA) is 79.3 Å². The molecule has 12 heavy (non-hydrogen) atoms. The van der Waals surface area contributed by atoms with E-state index in [0.717, 1.165) is 5.56 Å². The van der Waals surface area contributed by atoms with Gasteiger partial charge >= 0.3 is 0 Å². The first kappa shape index (κ1) is 8.39. The lowest BCUT2D eigenvalue weighted by Crippen LogP contribution is -1.97. The highest BCUT2D eigenvalue weighted by atomic mass is 16.1. The van der Waals surface area contributed by atoms with Gasteiger partial charge in [-0.1, -0.05) is 6.07 Å². The van der Waals surface area contributed by atoms with Gasteiger partial charge in [0.25, 0.3) is 5.91 Å². The van der Waals surface area contributed by atoms with Crippen molar-refractivity contribution in [3.05, 3.63) is 29.3 Å². The summed E-state index contributed by atoms with van der Waals surface area (Å²) in [5, 5.41) is 2.79. The fourth-order valence-corrected chi connectivity index (χ4v) is 0.838. The quantitative estimate of drug-likeness (QED) is 0.488. The van der Waals surface area contributed by atoms with Crippen molar-refractivity contribution in [3.8, 4) is 0 Å². The Labute approximate surface area is 69.9 Å². The Kier molecular flexibility index (Phi) is 2.19. The number of carbonyl (C=O) groups excluding carboxylic acids is 1. The molecule has 0 aliphatic carbocycles. The van der Waals surface area contributed by atoms with Crippen molar-refractivity contribution in [2.24, 2.45) is 5.11 Å². The average molecular weight is 163 g/mol. The molecule has 0 radical (unpaired) electrons. The molecule has 0 atom stereocenters. The fraction of sp³-hybridized carbons (Fsp3) is 0.125. The number of anilines is 1. The molecule has 3 N–H and O–H groups in total. The fourth-order valence-electron chi connectivity index (χ4n) is 0.838. The number of nitrogens with zero attached hydrogens (tertiary/aromatic N) is 1. The van der Waals surface area contributed by atoms with Crippen molar-refractivity contribution >= 4 is 11.6 Å². The van der Waals surface area contributed by atoms with Crippen LogP contribution in [-0.4, -0.2) is 5.91 Å². The molecule has 4 nitrogen and oxygen atoms in total. The lowest BCUT2D eigenvalue weighted by atomic mass is 10.1. The molecule has 0 aliphatic heterocycles. The SMILES string of the molecule is Cc1ccc(C(=O)N=N)cc1N. The van der Waals surface area contributed by atoms with Crippen molar-refractivity contribution in [1.29, 1.82) is 5.53 Å². The molecule has 1 aromatic carbocycles. The number of benzene rings is 1. The van der Waals surface area contributed by atoms with Crippen LogP contribution in [0, 0.1) is 12.5 Å². The van der Waals surface area contributed by atoms with Crippen LogP contribution >= 0.6 is 0 Å². The molecule has 0 aromatic heterocycles. The summed E-state index contributed by atoms with van der Waals surface area (Å²) in [6, 6.07) is 4.86. The number of amides is 1. The molecular weight excluding hydrogens is 154 g/mol. The van der Waals surface area contributed by atoms with Crippen LogP contribution < -0.4 is 5.73 Å². The Bertz CT molecular complexity index is 333. The number of hydrogen-bond acceptors (Lipinski definition) is 3. The van der Waals surface area contributed by atoms with Gasteiger partial charge in [0.2, 0.25) is 0 Å². The van der Waals surface area contributed by atoms with Gasteiger partial charge in [-0.15, -0.1) is 5.11 Å². The third-order valence-corrected chi connectivity index (χ3v) is 1.63. The minimum Gasteiger partial charge on any atom is -0.398 e. The summed E-state index contributed by atoms with van der Waals surface area (Å²) in [5.74, 6) is -0.568. The van der Waals surface area contributed by atoms with Crippen LogP contribution in [0.2, 0.25) is 0 Å². The van der Waals surface area contributed by atoms with E-state index in [0.29, 0.717) is 11.3 Å². The number of carbonyl (C=O) groups is 1. The van der Waals surface area contributed by atoms with E-state index in [9.17, 15) is 4.79 Å². The molecule has 0 unspecified atom stereocenters. The minimum absolute atomic E-state index is 0.355. The molecule has 1 aromatic rings. The number of nitrogens with one attached hydrogen (secondary N) is 1. The van der Waals surface area contributed by atoms with Crippen LogP contribution in [0.25, 0.3) is 0 Å². The van der Waals surface area contributed by atoms with Gasteiger partial charge in [0.1, 0.15) is 0 Å². The van der Waals surface area contributed by atoms with Gasteiger partial charge < -0.3 is 5.73 Å². The highest BCUT2D eigenvalue weighted by molar-refractivity contribution is 5.95. The second-order valence-corrected chi connectivity index (χ2v) is 2.49. The summed E-state index contributed by atoms with van der Waals surface area (Å²) in [7, 11) is 0. The lowest BCUT2D eigenvalue weighted by Gasteiger charge is -1.99. The smallest absolute Gasteiger partial charge is 0.294 e. The summed E-state index contributed by atoms with van der Waals surface area (Å²) < 4.78 is 0. The van der Waals surface area contributed by atoms with Crippen LogP contribution in [0.1, 0.15) is 15.9 Å². The molecule has 0 spiro atoms. The van der Waals surface area contributed by atoms with E-state index >= 15 is 0 Å². The molecule has 0 heterocycles. The number of aryl methyl sites for hydroxylation is 1. The van der Waals surface area contributed by atoms with Crippen molar-refractivity contribution in [3.63, 3.8) is 0 Å².